The zero-order chi connectivity index (χ0) is 16.1. The van der Waals surface area contributed by atoms with Crippen LogP contribution in [0.15, 0.2) is 41.3 Å². The molecule has 0 radical (unpaired) electrons. The van der Waals surface area contributed by atoms with Gasteiger partial charge in [-0.25, -0.2) is 4.79 Å². The molecule has 2 heterocycles. The predicted molar refractivity (Wildman–Crippen MR) is 90.3 cm³/mol. The normalized spacial score (nSPS) is 22.9. The minimum Gasteiger partial charge on any atom is -0.338 e. The second-order valence-corrected chi connectivity index (χ2v) is 6.54. The van der Waals surface area contributed by atoms with Crippen LogP contribution < -0.4 is 10.9 Å². The quantitative estimate of drug-likeness (QED) is 0.669. The molecule has 5 nitrogen and oxygen atoms in total. The Morgan fingerprint density at radius 3 is 2.57 bits per heavy atom. The van der Waals surface area contributed by atoms with E-state index in [2.05, 4.69) is 17.5 Å². The van der Waals surface area contributed by atoms with E-state index >= 15 is 0 Å². The number of allylic oxidation sites excluding steroid dienone is 2. The van der Waals surface area contributed by atoms with Gasteiger partial charge < -0.3 is 14.8 Å². The van der Waals surface area contributed by atoms with Gasteiger partial charge in [0.25, 0.3) is 0 Å². The summed E-state index contributed by atoms with van der Waals surface area (Å²) in [5.41, 5.74) is 0.0322. The van der Waals surface area contributed by atoms with E-state index in [4.69, 9.17) is 0 Å². The standard InChI is InChI=1S/C18H25N3O2/c22-17-9-3-5-11-20(17)12-6-4-10-19-18(23)21-13-15-7-1-2-8-16(15)14-21/h1-3,5,9,11,15-16H,4,6-8,10,12-14H2,(H,19,23)/t15-,16-/m1/s1. The second-order valence-electron chi connectivity index (χ2n) is 6.54. The highest BCUT2D eigenvalue weighted by molar-refractivity contribution is 5.74. The van der Waals surface area contributed by atoms with Crippen molar-refractivity contribution in [2.45, 2.75) is 32.2 Å². The molecule has 23 heavy (non-hydrogen) atoms. The van der Waals surface area contributed by atoms with Crippen LogP contribution in [0.3, 0.4) is 0 Å². The number of aryl methyl sites for hydroxylation is 1. The number of unbranched alkanes of at least 4 members (excludes halogenated alkanes) is 1. The summed E-state index contributed by atoms with van der Waals surface area (Å²) < 4.78 is 1.71. The molecule has 1 fully saturated rings. The Hall–Kier alpha value is -2.04. The number of carbonyl (C=O) groups is 1. The molecule has 1 aliphatic carbocycles. The molecule has 0 spiro atoms. The highest BCUT2D eigenvalue weighted by atomic mass is 16.2. The summed E-state index contributed by atoms with van der Waals surface area (Å²) in [6.07, 6.45) is 10.3. The van der Waals surface area contributed by atoms with E-state index in [1.165, 1.54) is 0 Å². The molecule has 0 aromatic carbocycles. The van der Waals surface area contributed by atoms with Crippen LogP contribution in [0.1, 0.15) is 25.7 Å². The number of pyridine rings is 1. The first-order chi connectivity index (χ1) is 11.2. The third-order valence-corrected chi connectivity index (χ3v) is 4.91. The largest absolute Gasteiger partial charge is 0.338 e. The van der Waals surface area contributed by atoms with Gasteiger partial charge in [-0.1, -0.05) is 18.2 Å². The molecule has 2 amide bonds. The first kappa shape index (κ1) is 15.8. The van der Waals surface area contributed by atoms with Crippen LogP contribution in [0.25, 0.3) is 0 Å². The van der Waals surface area contributed by atoms with Gasteiger partial charge in [-0.2, -0.15) is 0 Å². The van der Waals surface area contributed by atoms with Crippen LogP contribution in [0, 0.1) is 11.8 Å². The van der Waals surface area contributed by atoms with Crippen molar-refractivity contribution in [1.82, 2.24) is 14.8 Å². The van der Waals surface area contributed by atoms with Gasteiger partial charge in [0.05, 0.1) is 0 Å². The third kappa shape index (κ3) is 4.03. The zero-order valence-electron chi connectivity index (χ0n) is 13.5. The molecule has 5 heteroatoms. The van der Waals surface area contributed by atoms with Crippen LogP contribution in [0.2, 0.25) is 0 Å². The molecule has 1 aromatic rings. The molecular weight excluding hydrogens is 290 g/mol. The number of amides is 2. The maximum absolute atomic E-state index is 12.2. The van der Waals surface area contributed by atoms with E-state index in [-0.39, 0.29) is 11.6 Å². The van der Waals surface area contributed by atoms with Crippen LogP contribution in [0.4, 0.5) is 4.79 Å². The lowest BCUT2D eigenvalue weighted by Gasteiger charge is -2.17. The number of carbonyl (C=O) groups excluding carboxylic acids is 1. The molecule has 1 aliphatic heterocycles. The number of hydrogen-bond acceptors (Lipinski definition) is 2. The lowest BCUT2D eigenvalue weighted by Crippen LogP contribution is -2.39. The smallest absolute Gasteiger partial charge is 0.317 e. The molecule has 0 bridgehead atoms. The number of fused-ring (bicyclic) bond motifs is 1. The van der Waals surface area contributed by atoms with Gasteiger partial charge in [-0.3, -0.25) is 4.79 Å². The van der Waals surface area contributed by atoms with Crippen molar-refractivity contribution in [2.24, 2.45) is 11.8 Å². The zero-order valence-corrected chi connectivity index (χ0v) is 13.5. The van der Waals surface area contributed by atoms with Crippen LogP contribution in [0.5, 0.6) is 0 Å². The number of urea groups is 1. The average Bonchev–Trinajstić information content (AvgIpc) is 3.00. The number of aromatic nitrogens is 1. The molecule has 1 N–H and O–H groups in total. The van der Waals surface area contributed by atoms with Gasteiger partial charge >= 0.3 is 6.03 Å². The fourth-order valence-corrected chi connectivity index (χ4v) is 3.54. The average molecular weight is 315 g/mol. The summed E-state index contributed by atoms with van der Waals surface area (Å²) in [5, 5.41) is 3.01. The minimum absolute atomic E-state index is 0.0322. The van der Waals surface area contributed by atoms with Crippen molar-refractivity contribution in [3.05, 3.63) is 46.9 Å². The van der Waals surface area contributed by atoms with Gasteiger partial charge in [0.1, 0.15) is 0 Å². The maximum Gasteiger partial charge on any atom is 0.317 e. The SMILES string of the molecule is O=C(NCCCCn1ccccc1=O)N1C[C@H]2CC=CC[C@@H]2C1. The summed E-state index contributed by atoms with van der Waals surface area (Å²) in [7, 11) is 0. The van der Waals surface area contributed by atoms with Crippen LogP contribution in [-0.2, 0) is 6.54 Å². The van der Waals surface area contributed by atoms with E-state index in [0.717, 1.165) is 38.8 Å². The van der Waals surface area contributed by atoms with E-state index in [1.807, 2.05) is 11.0 Å². The van der Waals surface area contributed by atoms with E-state index in [1.54, 1.807) is 22.9 Å². The second kappa shape index (κ2) is 7.49. The minimum atomic E-state index is 0.0322. The Morgan fingerprint density at radius 1 is 1.13 bits per heavy atom. The third-order valence-electron chi connectivity index (χ3n) is 4.91. The molecule has 3 rings (SSSR count). The van der Waals surface area contributed by atoms with Crippen molar-refractivity contribution in [2.75, 3.05) is 19.6 Å². The summed E-state index contributed by atoms with van der Waals surface area (Å²) in [4.78, 5) is 25.7. The lowest BCUT2D eigenvalue weighted by molar-refractivity contribution is 0.206. The fourth-order valence-electron chi connectivity index (χ4n) is 3.54. The molecule has 1 saturated heterocycles. The first-order valence-corrected chi connectivity index (χ1v) is 8.57. The Kier molecular flexibility index (Phi) is 5.16. The highest BCUT2D eigenvalue weighted by Crippen LogP contribution is 2.32. The topological polar surface area (TPSA) is 54.3 Å². The Bertz CT molecular complexity index is 607. The van der Waals surface area contributed by atoms with Gasteiger partial charge in [0.15, 0.2) is 0 Å². The number of rotatable bonds is 5. The summed E-state index contributed by atoms with van der Waals surface area (Å²) in [6, 6.07) is 5.26. The summed E-state index contributed by atoms with van der Waals surface area (Å²) >= 11 is 0. The molecule has 2 aliphatic rings. The van der Waals surface area contributed by atoms with Gasteiger partial charge in [-0.15, -0.1) is 0 Å². The lowest BCUT2D eigenvalue weighted by atomic mass is 9.86. The fraction of sp³-hybridized carbons (Fsp3) is 0.556. The molecule has 124 valence electrons. The van der Waals surface area contributed by atoms with Crippen molar-refractivity contribution in [3.8, 4) is 0 Å². The van der Waals surface area contributed by atoms with E-state index in [9.17, 15) is 9.59 Å². The van der Waals surface area contributed by atoms with Gasteiger partial charge in [0.2, 0.25) is 5.56 Å². The van der Waals surface area contributed by atoms with Crippen LogP contribution >= 0.6 is 0 Å². The van der Waals surface area contributed by atoms with Crippen molar-refractivity contribution < 1.29 is 4.79 Å². The summed E-state index contributed by atoms with van der Waals surface area (Å²) in [6.45, 7) is 3.15. The molecule has 1 aromatic heterocycles. The Balaban J connectivity index is 1.34. The highest BCUT2D eigenvalue weighted by Gasteiger charge is 2.34. The van der Waals surface area contributed by atoms with E-state index in [0.29, 0.717) is 24.9 Å². The molecular formula is C18H25N3O2. The Labute approximate surface area is 137 Å². The number of likely N-dealkylation sites (tertiary alicyclic amines) is 1. The molecule has 0 saturated carbocycles. The number of nitrogens with one attached hydrogen (secondary N) is 1. The van der Waals surface area contributed by atoms with Gasteiger partial charge in [0, 0.05) is 38.4 Å². The maximum atomic E-state index is 12.2. The number of hydrogen-bond donors (Lipinski definition) is 1. The molecule has 0 unspecified atom stereocenters. The van der Waals surface area contributed by atoms with Crippen molar-refractivity contribution in [3.63, 3.8) is 0 Å². The summed E-state index contributed by atoms with van der Waals surface area (Å²) in [5.74, 6) is 1.30. The first-order valence-electron chi connectivity index (χ1n) is 8.57. The Morgan fingerprint density at radius 2 is 1.87 bits per heavy atom. The monoisotopic (exact) mass is 315 g/mol. The van der Waals surface area contributed by atoms with Crippen molar-refractivity contribution in [1.29, 1.82) is 0 Å². The van der Waals surface area contributed by atoms with Gasteiger partial charge in [-0.05, 0) is 43.6 Å². The number of nitrogens with zero attached hydrogens (tertiary/aromatic N) is 2. The van der Waals surface area contributed by atoms with Crippen molar-refractivity contribution >= 4 is 6.03 Å². The van der Waals surface area contributed by atoms with E-state index < -0.39 is 0 Å². The van der Waals surface area contributed by atoms with Crippen LogP contribution in [-0.4, -0.2) is 35.1 Å². The predicted octanol–water partition coefficient (Wildman–Crippen LogP) is 2.24. The molecule has 2 atom stereocenters.